The monoisotopic (exact) mass is 260 g/mol. The molecule has 19 heavy (non-hydrogen) atoms. The van der Waals surface area contributed by atoms with E-state index in [1.165, 1.54) is 25.0 Å². The van der Waals surface area contributed by atoms with Crippen LogP contribution in [0.15, 0.2) is 18.2 Å². The molecule has 1 aliphatic rings. The summed E-state index contributed by atoms with van der Waals surface area (Å²) >= 11 is 0. The number of rotatable bonds is 2. The van der Waals surface area contributed by atoms with Crippen molar-refractivity contribution in [2.45, 2.75) is 45.6 Å². The van der Waals surface area contributed by atoms with Gasteiger partial charge in [0, 0.05) is 13.1 Å². The van der Waals surface area contributed by atoms with E-state index >= 15 is 0 Å². The van der Waals surface area contributed by atoms with Crippen molar-refractivity contribution in [3.63, 3.8) is 0 Å². The molecule has 3 heteroatoms. The van der Waals surface area contributed by atoms with Crippen molar-refractivity contribution in [1.82, 2.24) is 0 Å². The molecule has 1 aliphatic carbocycles. The molecule has 0 amide bonds. The molecule has 0 spiro atoms. The van der Waals surface area contributed by atoms with E-state index in [0.29, 0.717) is 17.0 Å². The summed E-state index contributed by atoms with van der Waals surface area (Å²) in [6.07, 6.45) is 4.66. The average molecular weight is 260 g/mol. The third kappa shape index (κ3) is 3.07. The van der Waals surface area contributed by atoms with Crippen molar-refractivity contribution in [1.29, 1.82) is 5.26 Å². The molecule has 0 bridgehead atoms. The van der Waals surface area contributed by atoms with Gasteiger partial charge in [0.1, 0.15) is 11.9 Å². The minimum absolute atomic E-state index is 0.349. The molecule has 0 radical (unpaired) electrons. The van der Waals surface area contributed by atoms with Gasteiger partial charge in [-0.05, 0) is 49.3 Å². The molecular formula is C16H21FN2. The van der Waals surface area contributed by atoms with Crippen molar-refractivity contribution in [3.05, 3.63) is 29.6 Å². The first-order valence-electron chi connectivity index (χ1n) is 6.85. The quantitative estimate of drug-likeness (QED) is 0.800. The standard InChI is InChI=1S/C16H21FN2/c1-16(2)8-6-14(7-9-16)19(3)15-5-4-13(17)10-12(15)11-18/h4-5,10,14H,6-9H2,1-3H3. The van der Waals surface area contributed by atoms with Crippen molar-refractivity contribution >= 4 is 5.69 Å². The van der Waals surface area contributed by atoms with Crippen LogP contribution in [0.2, 0.25) is 0 Å². The molecule has 0 N–H and O–H groups in total. The van der Waals surface area contributed by atoms with E-state index in [9.17, 15) is 4.39 Å². The van der Waals surface area contributed by atoms with Crippen molar-refractivity contribution in [2.75, 3.05) is 11.9 Å². The van der Waals surface area contributed by atoms with Crippen LogP contribution in [0.3, 0.4) is 0 Å². The number of benzene rings is 1. The Bertz CT molecular complexity index is 492. The van der Waals surface area contributed by atoms with E-state index in [0.717, 1.165) is 18.5 Å². The Hall–Kier alpha value is -1.56. The molecule has 1 saturated carbocycles. The maximum Gasteiger partial charge on any atom is 0.124 e. The van der Waals surface area contributed by atoms with Gasteiger partial charge in [0.15, 0.2) is 0 Å². The van der Waals surface area contributed by atoms with E-state index in [1.807, 2.05) is 7.05 Å². The van der Waals surface area contributed by atoms with Gasteiger partial charge in [-0.1, -0.05) is 13.8 Å². The molecule has 1 fully saturated rings. The summed E-state index contributed by atoms with van der Waals surface area (Å²) in [5.41, 5.74) is 1.69. The molecule has 2 nitrogen and oxygen atoms in total. The molecule has 2 rings (SSSR count). The molecule has 0 aromatic heterocycles. The molecule has 1 aromatic rings. The van der Waals surface area contributed by atoms with Gasteiger partial charge in [-0.3, -0.25) is 0 Å². The van der Waals surface area contributed by atoms with Gasteiger partial charge in [-0.2, -0.15) is 5.26 Å². The van der Waals surface area contributed by atoms with E-state index in [2.05, 4.69) is 24.8 Å². The summed E-state index contributed by atoms with van der Waals surface area (Å²) in [5, 5.41) is 9.13. The summed E-state index contributed by atoms with van der Waals surface area (Å²) < 4.78 is 13.2. The number of hydrogen-bond donors (Lipinski definition) is 0. The van der Waals surface area contributed by atoms with Gasteiger partial charge >= 0.3 is 0 Å². The Morgan fingerprint density at radius 2 is 1.95 bits per heavy atom. The first-order valence-corrected chi connectivity index (χ1v) is 6.85. The molecule has 0 saturated heterocycles. The summed E-state index contributed by atoms with van der Waals surface area (Å²) in [6, 6.07) is 7.00. The van der Waals surface area contributed by atoms with Crippen LogP contribution in [-0.2, 0) is 0 Å². The molecule has 0 atom stereocenters. The highest BCUT2D eigenvalue weighted by Crippen LogP contribution is 2.38. The zero-order valence-corrected chi connectivity index (χ0v) is 11.9. The first-order chi connectivity index (χ1) is 8.93. The second-order valence-electron chi connectivity index (χ2n) is 6.28. The maximum atomic E-state index is 13.2. The van der Waals surface area contributed by atoms with Crippen molar-refractivity contribution in [3.8, 4) is 6.07 Å². The highest BCUT2D eigenvalue weighted by molar-refractivity contribution is 5.59. The van der Waals surface area contributed by atoms with Crippen LogP contribution in [0, 0.1) is 22.6 Å². The van der Waals surface area contributed by atoms with Crippen molar-refractivity contribution in [2.24, 2.45) is 5.41 Å². The van der Waals surface area contributed by atoms with E-state index in [4.69, 9.17) is 5.26 Å². The summed E-state index contributed by atoms with van der Waals surface area (Å²) in [5.74, 6) is -0.349. The molecule has 102 valence electrons. The Kier molecular flexibility index (Phi) is 3.80. The van der Waals surface area contributed by atoms with E-state index in [1.54, 1.807) is 6.07 Å². The van der Waals surface area contributed by atoms with Crippen LogP contribution in [-0.4, -0.2) is 13.1 Å². The molecular weight excluding hydrogens is 239 g/mol. The van der Waals surface area contributed by atoms with Crippen LogP contribution in [0.4, 0.5) is 10.1 Å². The predicted molar refractivity (Wildman–Crippen MR) is 75.6 cm³/mol. The Morgan fingerprint density at radius 1 is 1.32 bits per heavy atom. The minimum atomic E-state index is -0.349. The van der Waals surface area contributed by atoms with Crippen molar-refractivity contribution < 1.29 is 4.39 Å². The fourth-order valence-electron chi connectivity index (χ4n) is 2.87. The molecule has 0 aliphatic heterocycles. The van der Waals surface area contributed by atoms with Crippen LogP contribution < -0.4 is 4.90 Å². The third-order valence-electron chi connectivity index (χ3n) is 4.32. The average Bonchev–Trinajstić information content (AvgIpc) is 2.37. The lowest BCUT2D eigenvalue weighted by Crippen LogP contribution is -2.37. The number of nitriles is 1. The normalized spacial score (nSPS) is 18.9. The van der Waals surface area contributed by atoms with Crippen LogP contribution in [0.25, 0.3) is 0 Å². The second kappa shape index (κ2) is 5.21. The van der Waals surface area contributed by atoms with E-state index in [-0.39, 0.29) is 5.82 Å². The van der Waals surface area contributed by atoms with Gasteiger partial charge in [-0.25, -0.2) is 4.39 Å². The van der Waals surface area contributed by atoms with E-state index < -0.39 is 0 Å². The Morgan fingerprint density at radius 3 is 2.53 bits per heavy atom. The predicted octanol–water partition coefficient (Wildman–Crippen LogP) is 4.10. The zero-order chi connectivity index (χ0) is 14.0. The fourth-order valence-corrected chi connectivity index (χ4v) is 2.87. The van der Waals surface area contributed by atoms with Gasteiger partial charge in [0.2, 0.25) is 0 Å². The minimum Gasteiger partial charge on any atom is -0.371 e. The van der Waals surface area contributed by atoms with Gasteiger partial charge in [0.05, 0.1) is 11.3 Å². The van der Waals surface area contributed by atoms with Crippen LogP contribution in [0.1, 0.15) is 45.1 Å². The number of halogens is 1. The lowest BCUT2D eigenvalue weighted by Gasteiger charge is -2.39. The SMILES string of the molecule is CN(c1ccc(F)cc1C#N)C1CCC(C)(C)CC1. The topological polar surface area (TPSA) is 27.0 Å². The fraction of sp³-hybridized carbons (Fsp3) is 0.562. The summed E-state index contributed by atoms with van der Waals surface area (Å²) in [6.45, 7) is 4.61. The van der Waals surface area contributed by atoms with Gasteiger partial charge in [-0.15, -0.1) is 0 Å². The Labute approximate surface area is 114 Å². The summed E-state index contributed by atoms with van der Waals surface area (Å²) in [4.78, 5) is 2.15. The highest BCUT2D eigenvalue weighted by Gasteiger charge is 2.29. The number of hydrogen-bond acceptors (Lipinski definition) is 2. The molecule has 1 aromatic carbocycles. The zero-order valence-electron chi connectivity index (χ0n) is 11.9. The molecule has 0 unspecified atom stereocenters. The number of anilines is 1. The highest BCUT2D eigenvalue weighted by atomic mass is 19.1. The Balaban J connectivity index is 2.17. The van der Waals surface area contributed by atoms with Gasteiger partial charge in [0.25, 0.3) is 0 Å². The lowest BCUT2D eigenvalue weighted by atomic mass is 9.75. The third-order valence-corrected chi connectivity index (χ3v) is 4.32. The first kappa shape index (κ1) is 13.9. The van der Waals surface area contributed by atoms with Crippen LogP contribution in [0.5, 0.6) is 0 Å². The second-order valence-corrected chi connectivity index (χ2v) is 6.28. The lowest BCUT2D eigenvalue weighted by molar-refractivity contribution is 0.222. The van der Waals surface area contributed by atoms with Gasteiger partial charge < -0.3 is 4.90 Å². The summed E-state index contributed by atoms with van der Waals surface area (Å²) in [7, 11) is 2.01. The molecule has 0 heterocycles. The van der Waals surface area contributed by atoms with Crippen LogP contribution >= 0.6 is 0 Å². The number of nitrogens with zero attached hydrogens (tertiary/aromatic N) is 2. The smallest absolute Gasteiger partial charge is 0.124 e. The largest absolute Gasteiger partial charge is 0.371 e. The maximum absolute atomic E-state index is 13.2.